The Balaban J connectivity index is 2.24. The van der Waals surface area contributed by atoms with Crippen LogP contribution < -0.4 is 0 Å². The van der Waals surface area contributed by atoms with E-state index in [1.54, 1.807) is 19.5 Å². The zero-order valence-electron chi connectivity index (χ0n) is 13.2. The fraction of sp³-hybridized carbons (Fsp3) is 0.235. The Hall–Kier alpha value is -2.69. The Kier molecular flexibility index (Phi) is 4.88. The maximum absolute atomic E-state index is 5.35. The Morgan fingerprint density at radius 1 is 1.27 bits per heavy atom. The molecule has 0 N–H and O–H groups in total. The molecule has 0 saturated carbocycles. The number of pyridine rings is 1. The molecule has 0 amide bonds. The van der Waals surface area contributed by atoms with Crippen LogP contribution in [0.5, 0.6) is 0 Å². The molecule has 0 aliphatic carbocycles. The lowest BCUT2D eigenvalue weighted by molar-refractivity contribution is 0.405. The largest absolute Gasteiger partial charge is 0.480 e. The third-order valence-electron chi connectivity index (χ3n) is 3.17. The van der Waals surface area contributed by atoms with Gasteiger partial charge in [-0.05, 0) is 31.6 Å². The molecule has 2 aromatic rings. The number of allylic oxidation sites excluding steroid dienone is 1. The summed E-state index contributed by atoms with van der Waals surface area (Å²) >= 11 is 0. The third-order valence-corrected chi connectivity index (χ3v) is 3.17. The van der Waals surface area contributed by atoms with Crippen molar-refractivity contribution in [3.63, 3.8) is 0 Å². The fourth-order valence-electron chi connectivity index (χ4n) is 1.88. The van der Waals surface area contributed by atoms with Gasteiger partial charge in [-0.2, -0.15) is 5.10 Å². The fourth-order valence-corrected chi connectivity index (χ4v) is 1.88. The van der Waals surface area contributed by atoms with Gasteiger partial charge in [0.2, 0.25) is 5.90 Å². The third kappa shape index (κ3) is 3.49. The minimum atomic E-state index is 0.480. The summed E-state index contributed by atoms with van der Waals surface area (Å²) in [6, 6.07) is 3.82. The summed E-state index contributed by atoms with van der Waals surface area (Å²) in [6.07, 6.45) is 5.35. The number of nitrogens with zero attached hydrogens (tertiary/aromatic N) is 4. The Bertz CT molecular complexity index is 711. The first-order valence-corrected chi connectivity index (χ1v) is 7.01. The van der Waals surface area contributed by atoms with Crippen molar-refractivity contribution in [2.75, 3.05) is 7.11 Å². The molecule has 0 fully saturated rings. The van der Waals surface area contributed by atoms with Gasteiger partial charge in [0, 0.05) is 24.5 Å². The average Bonchev–Trinajstić information content (AvgIpc) is 3.01. The number of aryl methyl sites for hydroxylation is 1. The molecule has 0 unspecified atom stereocenters. The number of hydrogen-bond acceptors (Lipinski definition) is 4. The molecular weight excluding hydrogens is 276 g/mol. The molecule has 22 heavy (non-hydrogen) atoms. The lowest BCUT2D eigenvalue weighted by Crippen LogP contribution is -2.03. The second-order valence-electron chi connectivity index (χ2n) is 4.86. The molecule has 0 saturated heterocycles. The normalized spacial score (nSPS) is 11.3. The van der Waals surface area contributed by atoms with Crippen LogP contribution in [0.1, 0.15) is 30.7 Å². The quantitative estimate of drug-likeness (QED) is 0.627. The molecule has 0 aliphatic rings. The maximum Gasteiger partial charge on any atom is 0.224 e. The molecule has 5 heteroatoms. The first kappa shape index (κ1) is 15.7. The van der Waals surface area contributed by atoms with Gasteiger partial charge in [-0.25, -0.2) is 4.99 Å². The van der Waals surface area contributed by atoms with Crippen molar-refractivity contribution in [3.8, 4) is 0 Å². The molecule has 114 valence electrons. The highest BCUT2D eigenvalue weighted by atomic mass is 16.5. The Morgan fingerprint density at radius 2 is 2.05 bits per heavy atom. The van der Waals surface area contributed by atoms with Crippen molar-refractivity contribution >= 4 is 17.2 Å². The van der Waals surface area contributed by atoms with E-state index in [9.17, 15) is 0 Å². The maximum atomic E-state index is 5.35. The second kappa shape index (κ2) is 6.85. The van der Waals surface area contributed by atoms with Crippen LogP contribution in [-0.2, 0) is 11.3 Å². The van der Waals surface area contributed by atoms with Gasteiger partial charge in [0.05, 0.1) is 30.3 Å². The van der Waals surface area contributed by atoms with E-state index in [1.807, 2.05) is 36.9 Å². The van der Waals surface area contributed by atoms with E-state index >= 15 is 0 Å². The molecule has 0 aliphatic heterocycles. The zero-order valence-corrected chi connectivity index (χ0v) is 13.2. The summed E-state index contributed by atoms with van der Waals surface area (Å²) in [5, 5.41) is 4.22. The molecular formula is C17H20N4O. The number of ether oxygens (including phenoxy) is 1. The van der Waals surface area contributed by atoms with Crippen molar-refractivity contribution in [2.45, 2.75) is 20.4 Å². The van der Waals surface area contributed by atoms with Crippen LogP contribution in [0.25, 0.3) is 11.3 Å². The molecule has 2 rings (SSSR count). The van der Waals surface area contributed by atoms with Crippen molar-refractivity contribution < 1.29 is 4.74 Å². The van der Waals surface area contributed by atoms with Gasteiger partial charge in [-0.1, -0.05) is 13.2 Å². The summed E-state index contributed by atoms with van der Waals surface area (Å²) in [5.41, 5.74) is 4.02. The molecule has 2 aromatic heterocycles. The molecule has 0 bridgehead atoms. The van der Waals surface area contributed by atoms with Crippen LogP contribution in [-0.4, -0.2) is 27.8 Å². The van der Waals surface area contributed by atoms with Crippen molar-refractivity contribution in [2.24, 2.45) is 4.99 Å². The van der Waals surface area contributed by atoms with E-state index in [1.165, 1.54) is 0 Å². The zero-order chi connectivity index (χ0) is 16.1. The Labute approximate surface area is 130 Å². The number of aliphatic imine (C=N–C) groups is 1. The standard InChI is InChI=1S/C17H20N4O/c1-6-21-11-15(10-19-21)17(22-5)20-13(4)14-7-8-16(12(2)3)18-9-14/h7-11H,2,4,6H2,1,3,5H3. The van der Waals surface area contributed by atoms with Crippen LogP contribution in [0.3, 0.4) is 0 Å². The topological polar surface area (TPSA) is 52.3 Å². The van der Waals surface area contributed by atoms with Crippen LogP contribution in [0.2, 0.25) is 0 Å². The second-order valence-corrected chi connectivity index (χ2v) is 4.86. The summed E-state index contributed by atoms with van der Waals surface area (Å²) in [7, 11) is 1.58. The molecule has 0 spiro atoms. The first-order valence-electron chi connectivity index (χ1n) is 7.01. The van der Waals surface area contributed by atoms with Gasteiger partial charge in [-0.15, -0.1) is 0 Å². The molecule has 5 nitrogen and oxygen atoms in total. The van der Waals surface area contributed by atoms with Crippen molar-refractivity contribution in [1.29, 1.82) is 0 Å². The molecule has 0 aromatic carbocycles. The number of methoxy groups -OCH3 is 1. The monoisotopic (exact) mass is 296 g/mol. The van der Waals surface area contributed by atoms with Crippen molar-refractivity contribution in [1.82, 2.24) is 14.8 Å². The van der Waals surface area contributed by atoms with E-state index in [0.717, 1.165) is 28.9 Å². The Morgan fingerprint density at radius 3 is 2.55 bits per heavy atom. The van der Waals surface area contributed by atoms with E-state index in [4.69, 9.17) is 4.74 Å². The highest BCUT2D eigenvalue weighted by molar-refractivity contribution is 5.96. The van der Waals surface area contributed by atoms with Crippen LogP contribution in [0.15, 0.2) is 48.9 Å². The summed E-state index contributed by atoms with van der Waals surface area (Å²) in [5.74, 6) is 0.480. The highest BCUT2D eigenvalue weighted by Gasteiger charge is 2.08. The van der Waals surface area contributed by atoms with Gasteiger partial charge in [-0.3, -0.25) is 9.67 Å². The van der Waals surface area contributed by atoms with Crippen molar-refractivity contribution in [3.05, 3.63) is 60.7 Å². The summed E-state index contributed by atoms with van der Waals surface area (Å²) < 4.78 is 7.16. The molecule has 2 heterocycles. The minimum Gasteiger partial charge on any atom is -0.480 e. The van der Waals surface area contributed by atoms with Gasteiger partial charge in [0.25, 0.3) is 0 Å². The predicted octanol–water partition coefficient (Wildman–Crippen LogP) is 3.40. The molecule has 0 radical (unpaired) electrons. The van der Waals surface area contributed by atoms with Gasteiger partial charge >= 0.3 is 0 Å². The lowest BCUT2D eigenvalue weighted by Gasteiger charge is -2.06. The lowest BCUT2D eigenvalue weighted by atomic mass is 10.1. The van der Waals surface area contributed by atoms with E-state index in [2.05, 4.69) is 28.2 Å². The summed E-state index contributed by atoms with van der Waals surface area (Å²) in [4.78, 5) is 8.78. The van der Waals surface area contributed by atoms with Gasteiger partial charge in [0.15, 0.2) is 0 Å². The van der Waals surface area contributed by atoms with E-state index in [-0.39, 0.29) is 0 Å². The summed E-state index contributed by atoms with van der Waals surface area (Å²) in [6.45, 7) is 12.6. The van der Waals surface area contributed by atoms with Crippen LogP contribution >= 0.6 is 0 Å². The van der Waals surface area contributed by atoms with E-state index in [0.29, 0.717) is 11.6 Å². The number of aromatic nitrogens is 3. The van der Waals surface area contributed by atoms with Crippen LogP contribution in [0.4, 0.5) is 0 Å². The SMILES string of the molecule is C=C(N=C(OC)c1cnn(CC)c1)c1ccc(C(=C)C)nc1. The predicted molar refractivity (Wildman–Crippen MR) is 89.4 cm³/mol. The minimum absolute atomic E-state index is 0.480. The smallest absolute Gasteiger partial charge is 0.224 e. The first-order chi connectivity index (χ1) is 10.5. The number of hydrogen-bond donors (Lipinski definition) is 0. The van der Waals surface area contributed by atoms with Gasteiger partial charge < -0.3 is 4.74 Å². The average molecular weight is 296 g/mol. The highest BCUT2D eigenvalue weighted by Crippen LogP contribution is 2.17. The van der Waals surface area contributed by atoms with Crippen LogP contribution in [0, 0.1) is 0 Å². The number of rotatable bonds is 5. The molecule has 0 atom stereocenters. The van der Waals surface area contributed by atoms with Gasteiger partial charge in [0.1, 0.15) is 0 Å². The van der Waals surface area contributed by atoms with E-state index < -0.39 is 0 Å².